The minimum atomic E-state index is -4.27. The number of alkyl halides is 3. The monoisotopic (exact) mass is 444 g/mol. The summed E-state index contributed by atoms with van der Waals surface area (Å²) in [6.07, 6.45) is -3.61. The first kappa shape index (κ1) is 20.8. The molecule has 0 spiro atoms. The van der Waals surface area contributed by atoms with E-state index in [9.17, 15) is 18.0 Å². The lowest BCUT2D eigenvalue weighted by molar-refractivity contribution is -0.125. The van der Waals surface area contributed by atoms with Crippen molar-refractivity contribution < 1.29 is 27.4 Å². The molecule has 0 fully saturated rings. The number of rotatable bonds is 5. The molecule has 1 aromatic carbocycles. The number of nitrogens with zero attached hydrogens (tertiary/aromatic N) is 2. The Morgan fingerprint density at radius 3 is 2.97 bits per heavy atom. The standard InChI is InChI=1S/C19H20ClF3N4O3/c20-12-1-2-16-11(5-12)6-13(9-29-16)25-18(28)15-7-17-27(26-15)4-3-14(30-17)8-24-10-19(21,22)23/h1-2,5,7,13-14,24H,3-4,6,8-10H2,(H,25,28)/t13-,14-/m1/s1. The van der Waals surface area contributed by atoms with Crippen LogP contribution in [0, 0.1) is 0 Å². The van der Waals surface area contributed by atoms with Gasteiger partial charge in [0.15, 0.2) is 5.69 Å². The number of fused-ring (bicyclic) bond motifs is 2. The quantitative estimate of drug-likeness (QED) is 0.741. The van der Waals surface area contributed by atoms with E-state index in [2.05, 4.69) is 15.7 Å². The molecule has 2 aliphatic heterocycles. The van der Waals surface area contributed by atoms with E-state index >= 15 is 0 Å². The van der Waals surface area contributed by atoms with Crippen LogP contribution < -0.4 is 20.1 Å². The van der Waals surface area contributed by atoms with E-state index in [0.29, 0.717) is 36.9 Å². The Morgan fingerprint density at radius 2 is 2.17 bits per heavy atom. The van der Waals surface area contributed by atoms with Crippen LogP contribution in [0.2, 0.25) is 5.02 Å². The summed E-state index contributed by atoms with van der Waals surface area (Å²) in [5, 5.41) is 10.1. The Morgan fingerprint density at radius 1 is 1.33 bits per heavy atom. The van der Waals surface area contributed by atoms with Crippen molar-refractivity contribution in [3.05, 3.63) is 40.5 Å². The Balaban J connectivity index is 1.33. The molecule has 3 heterocycles. The third-order valence-electron chi connectivity index (χ3n) is 4.89. The molecule has 7 nitrogen and oxygen atoms in total. The van der Waals surface area contributed by atoms with Gasteiger partial charge in [-0.25, -0.2) is 4.68 Å². The molecule has 0 aliphatic carbocycles. The van der Waals surface area contributed by atoms with Crippen LogP contribution in [0.3, 0.4) is 0 Å². The molecule has 2 atom stereocenters. The largest absolute Gasteiger partial charge is 0.491 e. The molecule has 1 aromatic heterocycles. The Kier molecular flexibility index (Phi) is 5.79. The summed E-state index contributed by atoms with van der Waals surface area (Å²) in [7, 11) is 0. The maximum Gasteiger partial charge on any atom is 0.401 e. The number of carbonyl (C=O) groups is 1. The van der Waals surface area contributed by atoms with E-state index in [-0.39, 0.29) is 24.2 Å². The fourth-order valence-electron chi connectivity index (χ4n) is 3.50. The molecule has 0 bridgehead atoms. The molecule has 162 valence electrons. The zero-order valence-corrected chi connectivity index (χ0v) is 16.6. The second-order valence-corrected chi connectivity index (χ2v) is 7.74. The van der Waals surface area contributed by atoms with E-state index in [1.54, 1.807) is 16.8 Å². The minimum Gasteiger partial charge on any atom is -0.491 e. The summed E-state index contributed by atoms with van der Waals surface area (Å²) >= 11 is 6.02. The number of aromatic nitrogens is 2. The number of ether oxygens (including phenoxy) is 2. The molecular formula is C19H20ClF3N4O3. The van der Waals surface area contributed by atoms with Gasteiger partial charge < -0.3 is 20.1 Å². The highest BCUT2D eigenvalue weighted by molar-refractivity contribution is 6.30. The van der Waals surface area contributed by atoms with Crippen LogP contribution in [0.1, 0.15) is 22.5 Å². The smallest absolute Gasteiger partial charge is 0.401 e. The van der Waals surface area contributed by atoms with Crippen LogP contribution in [0.25, 0.3) is 0 Å². The zero-order chi connectivity index (χ0) is 21.3. The molecule has 0 saturated heterocycles. The summed E-state index contributed by atoms with van der Waals surface area (Å²) in [5.74, 6) is 0.745. The van der Waals surface area contributed by atoms with Crippen molar-refractivity contribution in [2.75, 3.05) is 19.7 Å². The highest BCUT2D eigenvalue weighted by Crippen LogP contribution is 2.28. The Hall–Kier alpha value is -2.46. The van der Waals surface area contributed by atoms with E-state index in [4.69, 9.17) is 21.1 Å². The van der Waals surface area contributed by atoms with Gasteiger partial charge in [-0.1, -0.05) is 11.6 Å². The van der Waals surface area contributed by atoms with Gasteiger partial charge in [-0.3, -0.25) is 4.79 Å². The first-order chi connectivity index (χ1) is 14.3. The second-order valence-electron chi connectivity index (χ2n) is 7.30. The molecule has 2 aliphatic rings. The first-order valence-corrected chi connectivity index (χ1v) is 9.89. The summed E-state index contributed by atoms with van der Waals surface area (Å²) in [6, 6.07) is 6.63. The van der Waals surface area contributed by atoms with Gasteiger partial charge in [0.2, 0.25) is 5.88 Å². The number of carbonyl (C=O) groups excluding carboxylic acids is 1. The highest BCUT2D eigenvalue weighted by Gasteiger charge is 2.29. The van der Waals surface area contributed by atoms with Crippen LogP contribution in [-0.4, -0.2) is 53.7 Å². The van der Waals surface area contributed by atoms with Crippen LogP contribution in [0.15, 0.2) is 24.3 Å². The SMILES string of the molecule is O=C(N[C@H]1COc2ccc(Cl)cc2C1)c1cc2n(n1)CC[C@H](CNCC(F)(F)F)O2. The van der Waals surface area contributed by atoms with Gasteiger partial charge in [0.1, 0.15) is 18.5 Å². The number of aryl methyl sites for hydroxylation is 1. The zero-order valence-electron chi connectivity index (χ0n) is 15.8. The topological polar surface area (TPSA) is 77.4 Å². The molecular weight excluding hydrogens is 425 g/mol. The fraction of sp³-hybridized carbons (Fsp3) is 0.474. The predicted molar refractivity (Wildman–Crippen MR) is 102 cm³/mol. The lowest BCUT2D eigenvalue weighted by Crippen LogP contribution is -2.42. The normalized spacial score (nSPS) is 20.5. The number of nitrogens with one attached hydrogen (secondary N) is 2. The summed E-state index contributed by atoms with van der Waals surface area (Å²) in [6.45, 7) is -0.220. The number of amides is 1. The van der Waals surface area contributed by atoms with Gasteiger partial charge in [-0.2, -0.15) is 18.3 Å². The van der Waals surface area contributed by atoms with Crippen molar-refractivity contribution in [3.63, 3.8) is 0 Å². The third-order valence-corrected chi connectivity index (χ3v) is 5.12. The van der Waals surface area contributed by atoms with E-state index in [0.717, 1.165) is 11.3 Å². The molecule has 2 aromatic rings. The van der Waals surface area contributed by atoms with Gasteiger partial charge in [-0.15, -0.1) is 0 Å². The van der Waals surface area contributed by atoms with E-state index in [1.165, 1.54) is 6.07 Å². The number of hydrogen-bond donors (Lipinski definition) is 2. The average Bonchev–Trinajstić information content (AvgIpc) is 3.10. The maximum atomic E-state index is 12.6. The van der Waals surface area contributed by atoms with Crippen molar-refractivity contribution >= 4 is 17.5 Å². The minimum absolute atomic E-state index is 0.0631. The molecule has 0 saturated carbocycles. The van der Waals surface area contributed by atoms with Gasteiger partial charge in [0.25, 0.3) is 5.91 Å². The second kappa shape index (κ2) is 8.35. The summed E-state index contributed by atoms with van der Waals surface area (Å²) < 4.78 is 49.7. The van der Waals surface area contributed by atoms with Crippen molar-refractivity contribution in [3.8, 4) is 11.6 Å². The molecule has 11 heteroatoms. The van der Waals surface area contributed by atoms with Gasteiger partial charge in [-0.05, 0) is 30.2 Å². The van der Waals surface area contributed by atoms with E-state index in [1.807, 2.05) is 6.07 Å². The van der Waals surface area contributed by atoms with Crippen molar-refractivity contribution in [2.45, 2.75) is 37.7 Å². The average molecular weight is 445 g/mol. The van der Waals surface area contributed by atoms with Crippen LogP contribution >= 0.6 is 11.6 Å². The van der Waals surface area contributed by atoms with E-state index < -0.39 is 18.8 Å². The predicted octanol–water partition coefficient (Wildman–Crippen LogP) is 2.57. The highest BCUT2D eigenvalue weighted by atomic mass is 35.5. The Bertz CT molecular complexity index is 934. The van der Waals surface area contributed by atoms with Gasteiger partial charge in [0.05, 0.1) is 12.6 Å². The fourth-order valence-corrected chi connectivity index (χ4v) is 3.69. The van der Waals surface area contributed by atoms with Gasteiger partial charge >= 0.3 is 6.18 Å². The molecule has 2 N–H and O–H groups in total. The van der Waals surface area contributed by atoms with Crippen LogP contribution in [0.4, 0.5) is 13.2 Å². The molecule has 30 heavy (non-hydrogen) atoms. The lowest BCUT2D eigenvalue weighted by atomic mass is 10.0. The molecule has 4 rings (SSSR count). The molecule has 0 unspecified atom stereocenters. The van der Waals surface area contributed by atoms with Crippen LogP contribution in [-0.2, 0) is 13.0 Å². The summed E-state index contributed by atoms with van der Waals surface area (Å²) in [4.78, 5) is 12.6. The number of benzene rings is 1. The maximum absolute atomic E-state index is 12.6. The lowest BCUT2D eigenvalue weighted by Gasteiger charge is -2.26. The molecule has 0 radical (unpaired) electrons. The first-order valence-electron chi connectivity index (χ1n) is 9.51. The van der Waals surface area contributed by atoms with Crippen molar-refractivity contribution in [1.29, 1.82) is 0 Å². The number of halogens is 4. The van der Waals surface area contributed by atoms with Crippen molar-refractivity contribution in [2.24, 2.45) is 0 Å². The van der Waals surface area contributed by atoms with Crippen molar-refractivity contribution in [1.82, 2.24) is 20.4 Å². The third kappa shape index (κ3) is 4.99. The van der Waals surface area contributed by atoms with Crippen LogP contribution in [0.5, 0.6) is 11.6 Å². The van der Waals surface area contributed by atoms with Gasteiger partial charge in [0, 0.05) is 30.6 Å². The Labute approximate surface area is 175 Å². The number of hydrogen-bond acceptors (Lipinski definition) is 5. The molecule has 1 amide bonds. The summed E-state index contributed by atoms with van der Waals surface area (Å²) in [5.41, 5.74) is 1.10.